The monoisotopic (exact) mass is 258 g/mol. The van der Waals surface area contributed by atoms with Crippen molar-refractivity contribution in [1.82, 2.24) is 0 Å². The highest BCUT2D eigenvalue weighted by molar-refractivity contribution is 5.62. The second-order valence-corrected chi connectivity index (χ2v) is 5.69. The summed E-state index contributed by atoms with van der Waals surface area (Å²) in [7, 11) is 0. The van der Waals surface area contributed by atoms with Crippen LogP contribution in [0.5, 0.6) is 0 Å². The van der Waals surface area contributed by atoms with E-state index in [0.29, 0.717) is 5.69 Å². The molecule has 2 aromatic carbocycles. The van der Waals surface area contributed by atoms with Gasteiger partial charge in [0, 0.05) is 11.4 Å². The summed E-state index contributed by atoms with van der Waals surface area (Å²) in [5.74, 6) is -0.406. The Labute approximate surface area is 113 Å². The van der Waals surface area contributed by atoms with Crippen molar-refractivity contribution in [2.75, 3.05) is 11.1 Å². The summed E-state index contributed by atoms with van der Waals surface area (Å²) in [6, 6.07) is 12.9. The molecule has 0 saturated heterocycles. The van der Waals surface area contributed by atoms with E-state index in [1.807, 2.05) is 12.1 Å². The predicted molar refractivity (Wildman–Crippen MR) is 79.2 cm³/mol. The Morgan fingerprint density at radius 1 is 0.947 bits per heavy atom. The lowest BCUT2D eigenvalue weighted by Gasteiger charge is -2.19. The van der Waals surface area contributed by atoms with Gasteiger partial charge in [0.1, 0.15) is 5.82 Å². The van der Waals surface area contributed by atoms with Crippen LogP contribution in [0.25, 0.3) is 0 Å². The number of nitrogen functional groups attached to an aromatic ring is 1. The van der Waals surface area contributed by atoms with Gasteiger partial charge in [0.25, 0.3) is 0 Å². The molecular formula is C16H19FN2. The maximum Gasteiger partial charge on any atom is 0.148 e. The molecule has 0 bridgehead atoms. The minimum atomic E-state index is -0.406. The van der Waals surface area contributed by atoms with Crippen molar-refractivity contribution in [2.24, 2.45) is 0 Å². The zero-order valence-corrected chi connectivity index (χ0v) is 11.5. The smallest absolute Gasteiger partial charge is 0.148 e. The van der Waals surface area contributed by atoms with Crippen LogP contribution < -0.4 is 11.1 Å². The number of hydrogen-bond acceptors (Lipinski definition) is 2. The van der Waals surface area contributed by atoms with E-state index in [1.165, 1.54) is 11.6 Å². The van der Waals surface area contributed by atoms with Crippen molar-refractivity contribution in [3.63, 3.8) is 0 Å². The lowest BCUT2D eigenvalue weighted by atomic mass is 9.87. The summed E-state index contributed by atoms with van der Waals surface area (Å²) >= 11 is 0. The molecule has 3 N–H and O–H groups in total. The SMILES string of the molecule is CC(C)(C)c1ccc(Nc2ccc(N)c(F)c2)cc1. The van der Waals surface area contributed by atoms with Crippen LogP contribution >= 0.6 is 0 Å². The van der Waals surface area contributed by atoms with Crippen LogP contribution in [0.2, 0.25) is 0 Å². The Kier molecular flexibility index (Phi) is 3.47. The molecule has 19 heavy (non-hydrogen) atoms. The largest absolute Gasteiger partial charge is 0.396 e. The van der Waals surface area contributed by atoms with Gasteiger partial charge >= 0.3 is 0 Å². The van der Waals surface area contributed by atoms with E-state index in [1.54, 1.807) is 12.1 Å². The molecule has 0 aliphatic heterocycles. The molecule has 3 heteroatoms. The van der Waals surface area contributed by atoms with Crippen molar-refractivity contribution < 1.29 is 4.39 Å². The molecule has 0 amide bonds. The molecule has 0 aliphatic carbocycles. The zero-order valence-electron chi connectivity index (χ0n) is 11.5. The van der Waals surface area contributed by atoms with Crippen molar-refractivity contribution in [1.29, 1.82) is 0 Å². The van der Waals surface area contributed by atoms with Crippen LogP contribution in [0.1, 0.15) is 26.3 Å². The molecular weight excluding hydrogens is 239 g/mol. The number of nitrogens with one attached hydrogen (secondary N) is 1. The Morgan fingerprint density at radius 2 is 1.53 bits per heavy atom. The van der Waals surface area contributed by atoms with Gasteiger partial charge in [-0.1, -0.05) is 32.9 Å². The number of anilines is 3. The summed E-state index contributed by atoms with van der Waals surface area (Å²) in [4.78, 5) is 0. The number of benzene rings is 2. The normalized spacial score (nSPS) is 11.4. The second-order valence-electron chi connectivity index (χ2n) is 5.69. The third-order valence-electron chi connectivity index (χ3n) is 3.04. The molecule has 0 radical (unpaired) electrons. The Balaban J connectivity index is 2.17. The van der Waals surface area contributed by atoms with Gasteiger partial charge in [-0.15, -0.1) is 0 Å². The molecule has 2 rings (SSSR count). The van der Waals surface area contributed by atoms with Gasteiger partial charge in [-0.25, -0.2) is 4.39 Å². The van der Waals surface area contributed by atoms with Crippen LogP contribution in [-0.2, 0) is 5.41 Å². The van der Waals surface area contributed by atoms with E-state index in [-0.39, 0.29) is 11.1 Å². The lowest BCUT2D eigenvalue weighted by molar-refractivity contribution is 0.590. The third kappa shape index (κ3) is 3.25. The highest BCUT2D eigenvalue weighted by Crippen LogP contribution is 2.25. The van der Waals surface area contributed by atoms with Crippen molar-refractivity contribution in [2.45, 2.75) is 26.2 Å². The molecule has 0 heterocycles. The van der Waals surface area contributed by atoms with E-state index < -0.39 is 5.82 Å². The average Bonchev–Trinajstić information content (AvgIpc) is 2.33. The van der Waals surface area contributed by atoms with Crippen molar-refractivity contribution in [3.8, 4) is 0 Å². The Bertz CT molecular complexity index is 568. The van der Waals surface area contributed by atoms with Crippen molar-refractivity contribution in [3.05, 3.63) is 53.8 Å². The van der Waals surface area contributed by atoms with Crippen LogP contribution in [0.4, 0.5) is 21.5 Å². The number of nitrogens with two attached hydrogens (primary N) is 1. The molecule has 0 atom stereocenters. The van der Waals surface area contributed by atoms with Gasteiger partial charge in [-0.2, -0.15) is 0 Å². The minimum absolute atomic E-state index is 0.131. The fraction of sp³-hybridized carbons (Fsp3) is 0.250. The first-order valence-corrected chi connectivity index (χ1v) is 6.29. The van der Waals surface area contributed by atoms with Gasteiger partial charge < -0.3 is 11.1 Å². The summed E-state index contributed by atoms with van der Waals surface area (Å²) in [5.41, 5.74) is 8.62. The van der Waals surface area contributed by atoms with E-state index >= 15 is 0 Å². The van der Waals surface area contributed by atoms with Gasteiger partial charge in [-0.3, -0.25) is 0 Å². The summed E-state index contributed by atoms with van der Waals surface area (Å²) in [6.07, 6.45) is 0. The Hall–Kier alpha value is -2.03. The second kappa shape index (κ2) is 4.92. The third-order valence-corrected chi connectivity index (χ3v) is 3.04. The topological polar surface area (TPSA) is 38.0 Å². The number of hydrogen-bond donors (Lipinski definition) is 2. The van der Waals surface area contributed by atoms with Gasteiger partial charge in [-0.05, 0) is 41.3 Å². The lowest BCUT2D eigenvalue weighted by Crippen LogP contribution is -2.10. The molecule has 0 aromatic heterocycles. The molecule has 2 nitrogen and oxygen atoms in total. The number of halogens is 1. The molecule has 100 valence electrons. The van der Waals surface area contributed by atoms with Crippen LogP contribution in [-0.4, -0.2) is 0 Å². The Morgan fingerprint density at radius 3 is 2.05 bits per heavy atom. The zero-order chi connectivity index (χ0) is 14.0. The standard InChI is InChI=1S/C16H19FN2/c1-16(2,3)11-4-6-12(7-5-11)19-13-8-9-15(18)14(17)10-13/h4-10,19H,18H2,1-3H3. The van der Waals surface area contributed by atoms with Gasteiger partial charge in [0.2, 0.25) is 0 Å². The fourth-order valence-electron chi connectivity index (χ4n) is 1.83. The van der Waals surface area contributed by atoms with Gasteiger partial charge in [0.15, 0.2) is 0 Å². The van der Waals surface area contributed by atoms with E-state index in [4.69, 9.17) is 5.73 Å². The quantitative estimate of drug-likeness (QED) is 0.781. The van der Waals surface area contributed by atoms with E-state index in [0.717, 1.165) is 5.69 Å². The van der Waals surface area contributed by atoms with Gasteiger partial charge in [0.05, 0.1) is 5.69 Å². The van der Waals surface area contributed by atoms with E-state index in [2.05, 4.69) is 38.2 Å². The fourth-order valence-corrected chi connectivity index (χ4v) is 1.83. The first-order chi connectivity index (χ1) is 8.86. The summed E-state index contributed by atoms with van der Waals surface area (Å²) in [5, 5.41) is 3.16. The predicted octanol–water partition coefficient (Wildman–Crippen LogP) is 4.45. The maximum atomic E-state index is 13.3. The summed E-state index contributed by atoms with van der Waals surface area (Å²) < 4.78 is 13.3. The first kappa shape index (κ1) is 13.4. The van der Waals surface area contributed by atoms with Crippen LogP contribution in [0, 0.1) is 5.82 Å². The summed E-state index contributed by atoms with van der Waals surface area (Å²) in [6.45, 7) is 6.51. The average molecular weight is 258 g/mol. The molecule has 0 fully saturated rings. The molecule has 2 aromatic rings. The van der Waals surface area contributed by atoms with Crippen LogP contribution in [0.15, 0.2) is 42.5 Å². The van der Waals surface area contributed by atoms with Crippen LogP contribution in [0.3, 0.4) is 0 Å². The number of rotatable bonds is 2. The molecule has 0 saturated carbocycles. The highest BCUT2D eigenvalue weighted by Gasteiger charge is 2.12. The van der Waals surface area contributed by atoms with Crippen molar-refractivity contribution >= 4 is 17.1 Å². The minimum Gasteiger partial charge on any atom is -0.396 e. The van der Waals surface area contributed by atoms with E-state index in [9.17, 15) is 4.39 Å². The maximum absolute atomic E-state index is 13.3. The highest BCUT2D eigenvalue weighted by atomic mass is 19.1. The molecule has 0 spiro atoms. The molecule has 0 unspecified atom stereocenters. The molecule has 0 aliphatic rings. The first-order valence-electron chi connectivity index (χ1n) is 6.29.